The van der Waals surface area contributed by atoms with Crippen molar-refractivity contribution >= 4 is 27.1 Å². The lowest BCUT2D eigenvalue weighted by atomic mass is 10.2. The molecule has 0 saturated carbocycles. The number of hydrogen-bond donors (Lipinski definition) is 1. The van der Waals surface area contributed by atoms with Crippen LogP contribution < -0.4 is 5.32 Å². The van der Waals surface area contributed by atoms with E-state index in [1.54, 1.807) is 0 Å². The Balaban J connectivity index is 2.26. The number of hydrogen-bond acceptors (Lipinski definition) is 6. The molecule has 24 heavy (non-hydrogen) atoms. The van der Waals surface area contributed by atoms with Crippen LogP contribution in [0.4, 0.5) is 13.2 Å². The Labute approximate surface area is 138 Å². The summed E-state index contributed by atoms with van der Waals surface area (Å²) in [6.07, 6.45) is -4.05. The molecule has 0 unspecified atom stereocenters. The van der Waals surface area contributed by atoms with Gasteiger partial charge in [-0.3, -0.25) is 4.79 Å². The van der Waals surface area contributed by atoms with E-state index in [-0.39, 0.29) is 32.8 Å². The number of alkyl halides is 3. The maximum Gasteiger partial charge on any atom is 0.420 e. The molecule has 0 fully saturated rings. The molecule has 1 N–H and O–H groups in total. The van der Waals surface area contributed by atoms with Crippen LogP contribution in [-0.2, 0) is 16.0 Å². The first-order valence-corrected chi connectivity index (χ1v) is 9.12. The van der Waals surface area contributed by atoms with Crippen molar-refractivity contribution in [1.29, 1.82) is 0 Å². The van der Waals surface area contributed by atoms with E-state index in [1.807, 2.05) is 0 Å². The van der Waals surface area contributed by atoms with Gasteiger partial charge in [0.2, 0.25) is 0 Å². The van der Waals surface area contributed by atoms with Gasteiger partial charge in [0.25, 0.3) is 5.91 Å². The molecule has 3 heterocycles. The summed E-state index contributed by atoms with van der Waals surface area (Å²) in [4.78, 5) is 18.9. The molecule has 3 rings (SSSR count). The van der Waals surface area contributed by atoms with E-state index in [4.69, 9.17) is 0 Å². The zero-order chi connectivity index (χ0) is 17.7. The van der Waals surface area contributed by atoms with Gasteiger partial charge in [0.15, 0.2) is 9.84 Å². The van der Waals surface area contributed by atoms with Crippen LogP contribution in [0, 0.1) is 6.92 Å². The summed E-state index contributed by atoms with van der Waals surface area (Å²) in [6.45, 7) is 1.38. The Morgan fingerprint density at radius 1 is 1.33 bits per heavy atom. The number of amides is 1. The van der Waals surface area contributed by atoms with Gasteiger partial charge in [0.1, 0.15) is 16.3 Å². The number of aryl methyl sites for hydroxylation is 1. The van der Waals surface area contributed by atoms with Crippen LogP contribution in [0.3, 0.4) is 0 Å². The van der Waals surface area contributed by atoms with Crippen molar-refractivity contribution in [2.75, 3.05) is 12.3 Å². The number of fused-ring (bicyclic) bond motifs is 1. The fourth-order valence-corrected chi connectivity index (χ4v) is 5.05. The normalized spacial score (nSPS) is 17.1. The van der Waals surface area contributed by atoms with Crippen molar-refractivity contribution in [3.63, 3.8) is 0 Å². The first kappa shape index (κ1) is 16.8. The van der Waals surface area contributed by atoms with E-state index in [0.29, 0.717) is 17.5 Å². The van der Waals surface area contributed by atoms with E-state index in [1.165, 1.54) is 6.92 Å². The van der Waals surface area contributed by atoms with Gasteiger partial charge in [0.05, 0.1) is 21.2 Å². The van der Waals surface area contributed by atoms with Crippen LogP contribution in [0.5, 0.6) is 0 Å². The number of halogens is 3. The summed E-state index contributed by atoms with van der Waals surface area (Å²) in [7, 11) is -3.75. The monoisotopic (exact) mass is 377 g/mol. The lowest BCUT2D eigenvalue weighted by molar-refractivity contribution is -0.137. The average molecular weight is 377 g/mol. The lowest BCUT2D eigenvalue weighted by Gasteiger charge is -2.10. The number of rotatable bonds is 1. The minimum atomic E-state index is -4.70. The largest absolute Gasteiger partial charge is 0.420 e. The van der Waals surface area contributed by atoms with Gasteiger partial charge >= 0.3 is 6.18 Å². The number of nitrogens with one attached hydrogen (secondary N) is 1. The summed E-state index contributed by atoms with van der Waals surface area (Å²) in [5.41, 5.74) is -1.52. The SMILES string of the molecule is Cc1ncc(C(F)(F)F)c(-c2cc3c(s2)C(=O)NCCS3(=O)=O)n1. The first-order valence-electron chi connectivity index (χ1n) is 6.65. The molecular formula is C13H10F3N3O3S2. The standard InChI is InChI=1S/C13H10F3N3O3S2/c1-6-18-5-7(13(14,15)16)10(19-6)8-4-9-11(23-8)12(20)17-2-3-24(9,21)22/h4-5H,2-3H2,1H3,(H,17,20). The van der Waals surface area contributed by atoms with Gasteiger partial charge in [-0.25, -0.2) is 18.4 Å². The Bertz CT molecular complexity index is 936. The second-order valence-electron chi connectivity index (χ2n) is 5.06. The molecule has 0 aliphatic carbocycles. The van der Waals surface area contributed by atoms with Gasteiger partial charge in [0, 0.05) is 12.7 Å². The lowest BCUT2D eigenvalue weighted by Crippen LogP contribution is -2.24. The van der Waals surface area contributed by atoms with E-state index < -0.39 is 33.2 Å². The third-order valence-electron chi connectivity index (χ3n) is 3.34. The Morgan fingerprint density at radius 2 is 2.04 bits per heavy atom. The van der Waals surface area contributed by atoms with Crippen molar-refractivity contribution < 1.29 is 26.4 Å². The third-order valence-corrected chi connectivity index (χ3v) is 6.35. The smallest absolute Gasteiger partial charge is 0.350 e. The molecule has 0 saturated heterocycles. The highest BCUT2D eigenvalue weighted by molar-refractivity contribution is 7.91. The van der Waals surface area contributed by atoms with Crippen molar-refractivity contribution in [2.24, 2.45) is 0 Å². The highest BCUT2D eigenvalue weighted by Crippen LogP contribution is 2.40. The number of thiophene rings is 1. The maximum atomic E-state index is 13.2. The van der Waals surface area contributed by atoms with E-state index in [0.717, 1.165) is 6.07 Å². The van der Waals surface area contributed by atoms with Crippen molar-refractivity contribution in [2.45, 2.75) is 18.0 Å². The molecule has 1 aliphatic rings. The second-order valence-corrected chi connectivity index (χ2v) is 8.19. The molecule has 0 spiro atoms. The predicted molar refractivity (Wildman–Crippen MR) is 79.5 cm³/mol. The Hall–Kier alpha value is -2.01. The van der Waals surface area contributed by atoms with E-state index in [9.17, 15) is 26.4 Å². The molecule has 11 heteroatoms. The van der Waals surface area contributed by atoms with Crippen LogP contribution in [-0.4, -0.2) is 36.6 Å². The number of carbonyl (C=O) groups is 1. The summed E-state index contributed by atoms with van der Waals surface area (Å²) in [5.74, 6) is -0.827. The highest BCUT2D eigenvalue weighted by atomic mass is 32.2. The number of nitrogens with zero attached hydrogens (tertiary/aromatic N) is 2. The Morgan fingerprint density at radius 3 is 2.71 bits per heavy atom. The second kappa shape index (κ2) is 5.52. The molecular weight excluding hydrogens is 367 g/mol. The number of sulfone groups is 1. The van der Waals surface area contributed by atoms with Crippen molar-refractivity contribution in [3.8, 4) is 10.6 Å². The van der Waals surface area contributed by atoms with Gasteiger partial charge < -0.3 is 5.32 Å². The number of carbonyl (C=O) groups excluding carboxylic acids is 1. The third kappa shape index (κ3) is 2.88. The first-order chi connectivity index (χ1) is 11.1. The highest BCUT2D eigenvalue weighted by Gasteiger charge is 2.37. The molecule has 0 atom stereocenters. The zero-order valence-electron chi connectivity index (χ0n) is 12.1. The molecule has 1 amide bonds. The summed E-state index contributed by atoms with van der Waals surface area (Å²) in [5, 5.41) is 2.41. The predicted octanol–water partition coefficient (Wildman–Crippen LogP) is 2.05. The molecule has 6 nitrogen and oxygen atoms in total. The fourth-order valence-electron chi connectivity index (χ4n) is 2.23. The topological polar surface area (TPSA) is 89.0 Å². The van der Waals surface area contributed by atoms with Gasteiger partial charge in [-0.1, -0.05) is 0 Å². The summed E-state index contributed by atoms with van der Waals surface area (Å²) in [6, 6.07) is 1.08. The van der Waals surface area contributed by atoms with Gasteiger partial charge in [-0.2, -0.15) is 13.2 Å². The maximum absolute atomic E-state index is 13.2. The summed E-state index contributed by atoms with van der Waals surface area (Å²) < 4.78 is 63.9. The van der Waals surface area contributed by atoms with Crippen LogP contribution in [0.25, 0.3) is 10.6 Å². The number of aromatic nitrogens is 2. The van der Waals surface area contributed by atoms with Gasteiger partial charge in [-0.15, -0.1) is 11.3 Å². The van der Waals surface area contributed by atoms with Gasteiger partial charge in [-0.05, 0) is 13.0 Å². The summed E-state index contributed by atoms with van der Waals surface area (Å²) >= 11 is 0.670. The van der Waals surface area contributed by atoms with E-state index in [2.05, 4.69) is 15.3 Å². The van der Waals surface area contributed by atoms with Crippen LogP contribution in [0.2, 0.25) is 0 Å². The molecule has 1 aliphatic heterocycles. The molecule has 128 valence electrons. The minimum Gasteiger partial charge on any atom is -0.350 e. The molecule has 0 radical (unpaired) electrons. The van der Waals surface area contributed by atoms with E-state index >= 15 is 0 Å². The quantitative estimate of drug-likeness (QED) is 0.822. The molecule has 0 aromatic carbocycles. The van der Waals surface area contributed by atoms with Crippen LogP contribution in [0.1, 0.15) is 21.1 Å². The molecule has 0 bridgehead atoms. The van der Waals surface area contributed by atoms with Crippen molar-refractivity contribution in [3.05, 3.63) is 28.5 Å². The minimum absolute atomic E-state index is 0.0431. The molecule has 2 aromatic rings. The van der Waals surface area contributed by atoms with Crippen LogP contribution in [0.15, 0.2) is 17.2 Å². The Kier molecular flexibility index (Phi) is 3.87. The van der Waals surface area contributed by atoms with Crippen molar-refractivity contribution in [1.82, 2.24) is 15.3 Å². The van der Waals surface area contributed by atoms with Crippen LogP contribution >= 0.6 is 11.3 Å². The molecule has 2 aromatic heterocycles. The fraction of sp³-hybridized carbons (Fsp3) is 0.308. The zero-order valence-corrected chi connectivity index (χ0v) is 13.8. The average Bonchev–Trinajstić information content (AvgIpc) is 2.87.